The van der Waals surface area contributed by atoms with E-state index in [4.69, 9.17) is 4.99 Å². The molecule has 1 atom stereocenters. The average molecular weight is 465 g/mol. The highest BCUT2D eigenvalue weighted by atomic mass is 15.3. The number of nitriles is 1. The van der Waals surface area contributed by atoms with Crippen LogP contribution in [0.3, 0.4) is 0 Å². The van der Waals surface area contributed by atoms with Gasteiger partial charge in [0.15, 0.2) is 5.82 Å². The van der Waals surface area contributed by atoms with Gasteiger partial charge in [0.05, 0.1) is 23.5 Å². The van der Waals surface area contributed by atoms with Gasteiger partial charge in [-0.3, -0.25) is 4.98 Å². The average Bonchev–Trinajstić information content (AvgIpc) is 2.84. The molecule has 3 heterocycles. The summed E-state index contributed by atoms with van der Waals surface area (Å²) in [5, 5.41) is 9.72. The monoisotopic (exact) mass is 464 g/mol. The third kappa shape index (κ3) is 5.75. The third-order valence-electron chi connectivity index (χ3n) is 6.39. The molecule has 0 N–H and O–H groups in total. The molecule has 0 saturated carbocycles. The number of hydrogen-bond donors (Lipinski definition) is 0. The van der Waals surface area contributed by atoms with Crippen molar-refractivity contribution in [1.82, 2.24) is 14.9 Å². The van der Waals surface area contributed by atoms with E-state index in [1.807, 2.05) is 50.4 Å². The standard InChI is InChI=1S/C29H32N6/c1-20(2)35-13-12-34(19-23(35)5)27-7-9-29(32-18-27)33-22(4)14-24-6-8-28(26(16-24)17-30)25-10-11-31-21(3)15-25/h6-11,15-16,18,23H,1,12-14,19H2,2-5H3. The van der Waals surface area contributed by atoms with E-state index in [9.17, 15) is 5.26 Å². The van der Waals surface area contributed by atoms with Gasteiger partial charge in [-0.15, -0.1) is 0 Å². The van der Waals surface area contributed by atoms with E-state index in [2.05, 4.69) is 58.4 Å². The molecular weight excluding hydrogens is 432 g/mol. The van der Waals surface area contributed by atoms with Crippen molar-refractivity contribution < 1.29 is 0 Å². The molecule has 1 aliphatic heterocycles. The van der Waals surface area contributed by atoms with Crippen molar-refractivity contribution in [2.45, 2.75) is 40.2 Å². The lowest BCUT2D eigenvalue weighted by Gasteiger charge is -2.42. The molecule has 6 nitrogen and oxygen atoms in total. The molecule has 4 rings (SSSR count). The Hall–Kier alpha value is -3.98. The Morgan fingerprint density at radius 3 is 2.63 bits per heavy atom. The molecule has 35 heavy (non-hydrogen) atoms. The first-order valence-electron chi connectivity index (χ1n) is 12.0. The van der Waals surface area contributed by atoms with Crippen LogP contribution in [-0.2, 0) is 6.42 Å². The summed E-state index contributed by atoms with van der Waals surface area (Å²) in [5.74, 6) is 0.698. The van der Waals surface area contributed by atoms with Crippen molar-refractivity contribution in [2.75, 3.05) is 24.5 Å². The van der Waals surface area contributed by atoms with Crippen LogP contribution in [0.2, 0.25) is 0 Å². The SMILES string of the molecule is C=C(C)N1CCN(c2ccc(N=C(C)Cc3ccc(-c4ccnc(C)c4)c(C#N)c3)nc2)CC1C. The molecule has 6 heteroatoms. The summed E-state index contributed by atoms with van der Waals surface area (Å²) in [6, 6.07) is 16.8. The number of nitrogens with zero attached hydrogens (tertiary/aromatic N) is 6. The van der Waals surface area contributed by atoms with Crippen LogP contribution in [0, 0.1) is 18.3 Å². The van der Waals surface area contributed by atoms with Gasteiger partial charge in [-0.2, -0.15) is 5.26 Å². The van der Waals surface area contributed by atoms with Crippen molar-refractivity contribution >= 4 is 17.2 Å². The summed E-state index contributed by atoms with van der Waals surface area (Å²) in [4.78, 5) is 18.3. The molecule has 178 valence electrons. The number of piperazine rings is 1. The molecule has 0 radical (unpaired) electrons. The number of allylic oxidation sites excluding steroid dienone is 1. The van der Waals surface area contributed by atoms with Crippen molar-refractivity contribution in [3.05, 3.63) is 84.0 Å². The zero-order valence-electron chi connectivity index (χ0n) is 21.0. The maximum absolute atomic E-state index is 9.72. The van der Waals surface area contributed by atoms with E-state index in [-0.39, 0.29) is 0 Å². The molecule has 2 aromatic heterocycles. The van der Waals surface area contributed by atoms with Crippen molar-refractivity contribution in [3.63, 3.8) is 0 Å². The van der Waals surface area contributed by atoms with Gasteiger partial charge in [0.2, 0.25) is 0 Å². The lowest BCUT2D eigenvalue weighted by Crippen LogP contribution is -2.50. The molecule has 1 aliphatic rings. The van der Waals surface area contributed by atoms with Crippen LogP contribution in [0.1, 0.15) is 37.6 Å². The zero-order chi connectivity index (χ0) is 24.9. The van der Waals surface area contributed by atoms with Gasteiger partial charge in [-0.1, -0.05) is 18.7 Å². The number of aromatic nitrogens is 2. The molecule has 0 amide bonds. The fraction of sp³-hybridized carbons (Fsp3) is 0.310. The summed E-state index contributed by atoms with van der Waals surface area (Å²) < 4.78 is 0. The first-order valence-corrected chi connectivity index (χ1v) is 12.0. The van der Waals surface area contributed by atoms with Crippen molar-refractivity contribution in [2.24, 2.45) is 4.99 Å². The summed E-state index contributed by atoms with van der Waals surface area (Å²) in [7, 11) is 0. The maximum Gasteiger partial charge on any atom is 0.151 e. The zero-order valence-corrected chi connectivity index (χ0v) is 21.0. The first-order chi connectivity index (χ1) is 16.8. The highest BCUT2D eigenvalue weighted by Gasteiger charge is 2.23. The molecule has 0 spiro atoms. The third-order valence-corrected chi connectivity index (χ3v) is 6.39. The maximum atomic E-state index is 9.72. The second kappa shape index (κ2) is 10.5. The predicted octanol–water partition coefficient (Wildman–Crippen LogP) is 5.70. The van der Waals surface area contributed by atoms with E-state index >= 15 is 0 Å². The smallest absolute Gasteiger partial charge is 0.151 e. The van der Waals surface area contributed by atoms with Gasteiger partial charge in [0.25, 0.3) is 0 Å². The number of aryl methyl sites for hydroxylation is 1. The number of aliphatic imine (C=N–C) groups is 1. The summed E-state index contributed by atoms with van der Waals surface area (Å²) in [5.41, 5.74) is 7.76. The van der Waals surface area contributed by atoms with E-state index in [1.54, 1.807) is 6.20 Å². The molecule has 1 fully saturated rings. The van der Waals surface area contributed by atoms with Crippen LogP contribution in [-0.4, -0.2) is 46.3 Å². The Bertz CT molecular complexity index is 1290. The molecule has 3 aromatic rings. The van der Waals surface area contributed by atoms with Gasteiger partial charge in [-0.25, -0.2) is 9.98 Å². The lowest BCUT2D eigenvalue weighted by atomic mass is 9.97. The summed E-state index contributed by atoms with van der Waals surface area (Å²) in [6.07, 6.45) is 4.35. The number of benzene rings is 1. The van der Waals surface area contributed by atoms with Crippen LogP contribution in [0.5, 0.6) is 0 Å². The fourth-order valence-electron chi connectivity index (χ4n) is 4.68. The number of anilines is 1. The van der Waals surface area contributed by atoms with E-state index in [0.717, 1.165) is 59.1 Å². The first kappa shape index (κ1) is 24.2. The lowest BCUT2D eigenvalue weighted by molar-refractivity contribution is 0.244. The van der Waals surface area contributed by atoms with E-state index < -0.39 is 0 Å². The minimum atomic E-state index is 0.425. The molecule has 1 unspecified atom stereocenters. The topological polar surface area (TPSA) is 68.4 Å². The Labute approximate surface area is 208 Å². The highest BCUT2D eigenvalue weighted by Crippen LogP contribution is 2.26. The predicted molar refractivity (Wildman–Crippen MR) is 143 cm³/mol. The molecule has 1 saturated heterocycles. The van der Waals surface area contributed by atoms with E-state index in [0.29, 0.717) is 23.8 Å². The molecular formula is C29H32N6. The summed E-state index contributed by atoms with van der Waals surface area (Å²) in [6.45, 7) is 15.2. The Balaban J connectivity index is 1.44. The van der Waals surface area contributed by atoms with Gasteiger partial charge in [0, 0.05) is 55.4 Å². The van der Waals surface area contributed by atoms with Gasteiger partial charge in [-0.05, 0) is 74.7 Å². The van der Waals surface area contributed by atoms with Crippen LogP contribution < -0.4 is 4.90 Å². The van der Waals surface area contributed by atoms with Crippen LogP contribution in [0.25, 0.3) is 11.1 Å². The molecule has 0 aliphatic carbocycles. The number of rotatable bonds is 6. The quantitative estimate of drug-likeness (QED) is 0.438. The van der Waals surface area contributed by atoms with Crippen LogP contribution in [0.15, 0.2) is 72.1 Å². The Kier molecular flexibility index (Phi) is 7.26. The Morgan fingerprint density at radius 1 is 1.14 bits per heavy atom. The second-order valence-corrected chi connectivity index (χ2v) is 9.30. The largest absolute Gasteiger partial charge is 0.369 e. The summed E-state index contributed by atoms with van der Waals surface area (Å²) >= 11 is 0. The minimum absolute atomic E-state index is 0.425. The van der Waals surface area contributed by atoms with E-state index in [1.165, 1.54) is 0 Å². The second-order valence-electron chi connectivity index (χ2n) is 9.30. The Morgan fingerprint density at radius 2 is 1.97 bits per heavy atom. The van der Waals surface area contributed by atoms with Crippen molar-refractivity contribution in [3.8, 4) is 17.2 Å². The van der Waals surface area contributed by atoms with Crippen LogP contribution >= 0.6 is 0 Å². The normalized spacial score (nSPS) is 16.2. The highest BCUT2D eigenvalue weighted by molar-refractivity contribution is 5.86. The molecule has 1 aromatic carbocycles. The van der Waals surface area contributed by atoms with Gasteiger partial charge >= 0.3 is 0 Å². The minimum Gasteiger partial charge on any atom is -0.369 e. The van der Waals surface area contributed by atoms with Crippen LogP contribution in [0.4, 0.5) is 11.5 Å². The number of pyridine rings is 2. The van der Waals surface area contributed by atoms with Gasteiger partial charge < -0.3 is 9.80 Å². The molecule has 0 bridgehead atoms. The number of hydrogen-bond acceptors (Lipinski definition) is 6. The van der Waals surface area contributed by atoms with Gasteiger partial charge in [0.1, 0.15) is 0 Å². The van der Waals surface area contributed by atoms with Crippen molar-refractivity contribution in [1.29, 1.82) is 5.26 Å². The fourth-order valence-corrected chi connectivity index (χ4v) is 4.68.